The summed E-state index contributed by atoms with van der Waals surface area (Å²) in [4.78, 5) is 2.41. The maximum atomic E-state index is 10.4. The molecule has 2 fully saturated rings. The van der Waals surface area contributed by atoms with Crippen LogP contribution >= 0.6 is 0 Å². The van der Waals surface area contributed by atoms with Gasteiger partial charge in [-0.1, -0.05) is 0 Å². The summed E-state index contributed by atoms with van der Waals surface area (Å²) in [7, 11) is 2.20. The van der Waals surface area contributed by atoms with Gasteiger partial charge in [-0.3, -0.25) is 0 Å². The zero-order chi connectivity index (χ0) is 13.0. The molecule has 2 aliphatic heterocycles. The summed E-state index contributed by atoms with van der Waals surface area (Å²) >= 11 is 0. The zero-order valence-corrected chi connectivity index (χ0v) is 11.8. The number of piperidine rings is 1. The standard InChI is InChI=1S/C14H28N2O2/c1-12(13-4-3-7-16(2)10-13)15-11-14(17)5-8-18-9-6-14/h12-13,15,17H,3-11H2,1-2H3. The van der Waals surface area contributed by atoms with Gasteiger partial charge in [0.25, 0.3) is 0 Å². The van der Waals surface area contributed by atoms with Crippen LogP contribution in [0.3, 0.4) is 0 Å². The Hall–Kier alpha value is -0.160. The second kappa shape index (κ2) is 6.33. The Morgan fingerprint density at radius 3 is 2.83 bits per heavy atom. The largest absolute Gasteiger partial charge is 0.388 e. The van der Waals surface area contributed by atoms with Crippen molar-refractivity contribution in [3.05, 3.63) is 0 Å². The molecule has 0 aliphatic carbocycles. The number of hydrogen-bond donors (Lipinski definition) is 2. The van der Waals surface area contributed by atoms with E-state index in [0.29, 0.717) is 31.7 Å². The molecule has 2 aliphatic rings. The van der Waals surface area contributed by atoms with E-state index in [-0.39, 0.29) is 0 Å². The average molecular weight is 256 g/mol. The molecule has 2 heterocycles. The monoisotopic (exact) mass is 256 g/mol. The Morgan fingerprint density at radius 2 is 2.17 bits per heavy atom. The molecule has 0 saturated carbocycles. The van der Waals surface area contributed by atoms with Crippen LogP contribution in [0.5, 0.6) is 0 Å². The molecule has 2 saturated heterocycles. The van der Waals surface area contributed by atoms with Crippen LogP contribution in [0.15, 0.2) is 0 Å². The van der Waals surface area contributed by atoms with Crippen LogP contribution in [-0.4, -0.2) is 61.5 Å². The Labute approximate surface area is 111 Å². The fourth-order valence-corrected chi connectivity index (χ4v) is 3.06. The van der Waals surface area contributed by atoms with Gasteiger partial charge in [-0.25, -0.2) is 0 Å². The van der Waals surface area contributed by atoms with E-state index in [1.54, 1.807) is 0 Å². The molecule has 0 radical (unpaired) electrons. The summed E-state index contributed by atoms with van der Waals surface area (Å²) in [6.45, 7) is 6.75. The molecule has 0 amide bonds. The number of nitrogens with one attached hydrogen (secondary N) is 1. The maximum absolute atomic E-state index is 10.4. The van der Waals surface area contributed by atoms with Gasteiger partial charge in [-0.2, -0.15) is 0 Å². The fraction of sp³-hybridized carbons (Fsp3) is 1.00. The molecule has 4 heteroatoms. The van der Waals surface area contributed by atoms with Gasteiger partial charge in [-0.05, 0) is 39.3 Å². The Bertz CT molecular complexity index is 254. The van der Waals surface area contributed by atoms with Gasteiger partial charge in [0.1, 0.15) is 0 Å². The van der Waals surface area contributed by atoms with Gasteiger partial charge in [0.2, 0.25) is 0 Å². The quantitative estimate of drug-likeness (QED) is 0.783. The second-order valence-corrected chi connectivity index (χ2v) is 6.17. The summed E-state index contributed by atoms with van der Waals surface area (Å²) in [5, 5.41) is 14.0. The number of hydrogen-bond acceptors (Lipinski definition) is 4. The van der Waals surface area contributed by atoms with Crippen molar-refractivity contribution in [2.45, 2.75) is 44.2 Å². The highest BCUT2D eigenvalue weighted by Crippen LogP contribution is 2.22. The van der Waals surface area contributed by atoms with E-state index < -0.39 is 5.60 Å². The molecule has 0 spiro atoms. The van der Waals surface area contributed by atoms with Crippen LogP contribution in [0.4, 0.5) is 0 Å². The average Bonchev–Trinajstić information content (AvgIpc) is 2.37. The highest BCUT2D eigenvalue weighted by molar-refractivity contribution is 4.86. The van der Waals surface area contributed by atoms with E-state index in [9.17, 15) is 5.11 Å². The van der Waals surface area contributed by atoms with E-state index in [4.69, 9.17) is 4.74 Å². The zero-order valence-electron chi connectivity index (χ0n) is 11.8. The highest BCUT2D eigenvalue weighted by atomic mass is 16.5. The Kier molecular flexibility index (Phi) is 5.01. The van der Waals surface area contributed by atoms with Crippen LogP contribution in [0.25, 0.3) is 0 Å². The molecule has 2 N–H and O–H groups in total. The summed E-state index contributed by atoms with van der Waals surface area (Å²) in [5.74, 6) is 0.715. The predicted molar refractivity (Wildman–Crippen MR) is 72.7 cm³/mol. The maximum Gasteiger partial charge on any atom is 0.0815 e. The lowest BCUT2D eigenvalue weighted by Gasteiger charge is -2.37. The van der Waals surface area contributed by atoms with Crippen molar-refractivity contribution in [3.8, 4) is 0 Å². The SMILES string of the molecule is CC(NCC1(O)CCOCC1)C1CCCN(C)C1. The van der Waals surface area contributed by atoms with E-state index >= 15 is 0 Å². The minimum atomic E-state index is -0.549. The number of rotatable bonds is 4. The van der Waals surface area contributed by atoms with Crippen LogP contribution < -0.4 is 5.32 Å². The van der Waals surface area contributed by atoms with Crippen molar-refractivity contribution >= 4 is 0 Å². The lowest BCUT2D eigenvalue weighted by molar-refractivity contribution is -0.0636. The smallest absolute Gasteiger partial charge is 0.0815 e. The van der Waals surface area contributed by atoms with Gasteiger partial charge in [0.15, 0.2) is 0 Å². The van der Waals surface area contributed by atoms with Gasteiger partial charge in [0, 0.05) is 45.2 Å². The first kappa shape index (κ1) is 14.3. The van der Waals surface area contributed by atoms with Gasteiger partial charge in [0.05, 0.1) is 5.60 Å². The first-order valence-corrected chi connectivity index (χ1v) is 7.31. The molecule has 2 rings (SSSR count). The first-order valence-electron chi connectivity index (χ1n) is 7.31. The molecule has 106 valence electrons. The molecular formula is C14H28N2O2. The summed E-state index contributed by atoms with van der Waals surface area (Å²) in [6, 6.07) is 0.486. The van der Waals surface area contributed by atoms with Gasteiger partial charge in [-0.15, -0.1) is 0 Å². The van der Waals surface area contributed by atoms with Crippen molar-refractivity contribution in [3.63, 3.8) is 0 Å². The Balaban J connectivity index is 1.74. The summed E-state index contributed by atoms with van der Waals surface area (Å²) < 4.78 is 5.31. The highest BCUT2D eigenvalue weighted by Gasteiger charge is 2.31. The predicted octanol–water partition coefficient (Wildman–Crippen LogP) is 0.848. The van der Waals surface area contributed by atoms with Gasteiger partial charge < -0.3 is 20.1 Å². The first-order chi connectivity index (χ1) is 8.59. The van der Waals surface area contributed by atoms with Crippen molar-refractivity contribution in [1.29, 1.82) is 0 Å². The van der Waals surface area contributed by atoms with Crippen LogP contribution in [0, 0.1) is 5.92 Å². The lowest BCUT2D eigenvalue weighted by atomic mass is 9.90. The summed E-state index contributed by atoms with van der Waals surface area (Å²) in [6.07, 6.45) is 4.12. The molecule has 4 nitrogen and oxygen atoms in total. The number of likely N-dealkylation sites (tertiary alicyclic amines) is 1. The van der Waals surface area contributed by atoms with E-state index in [1.165, 1.54) is 25.9 Å². The van der Waals surface area contributed by atoms with Crippen molar-refractivity contribution in [2.24, 2.45) is 5.92 Å². The topological polar surface area (TPSA) is 44.7 Å². The van der Waals surface area contributed by atoms with Gasteiger partial charge >= 0.3 is 0 Å². The van der Waals surface area contributed by atoms with Crippen LogP contribution in [0.2, 0.25) is 0 Å². The molecule has 0 aromatic heterocycles. The van der Waals surface area contributed by atoms with Crippen LogP contribution in [-0.2, 0) is 4.74 Å². The molecule has 2 unspecified atom stereocenters. The number of ether oxygens (including phenoxy) is 1. The number of nitrogens with zero attached hydrogens (tertiary/aromatic N) is 1. The minimum absolute atomic E-state index is 0.486. The van der Waals surface area contributed by atoms with E-state index in [2.05, 4.69) is 24.2 Å². The molecule has 2 atom stereocenters. The lowest BCUT2D eigenvalue weighted by Crippen LogP contribution is -2.50. The molecule has 0 bridgehead atoms. The molecule has 0 aromatic rings. The van der Waals surface area contributed by atoms with Crippen molar-refractivity contribution in [2.75, 3.05) is 39.9 Å². The molecule has 18 heavy (non-hydrogen) atoms. The molecule has 0 aromatic carbocycles. The summed E-state index contributed by atoms with van der Waals surface area (Å²) in [5.41, 5.74) is -0.549. The third kappa shape index (κ3) is 3.92. The normalized spacial score (nSPS) is 31.2. The van der Waals surface area contributed by atoms with Crippen LogP contribution in [0.1, 0.15) is 32.6 Å². The van der Waals surface area contributed by atoms with Crippen molar-refractivity contribution < 1.29 is 9.84 Å². The van der Waals surface area contributed by atoms with Crippen molar-refractivity contribution in [1.82, 2.24) is 10.2 Å². The third-order valence-electron chi connectivity index (χ3n) is 4.54. The third-order valence-corrected chi connectivity index (χ3v) is 4.54. The number of aliphatic hydroxyl groups is 1. The van der Waals surface area contributed by atoms with E-state index in [1.807, 2.05) is 0 Å². The minimum Gasteiger partial charge on any atom is -0.388 e. The fourth-order valence-electron chi connectivity index (χ4n) is 3.06. The second-order valence-electron chi connectivity index (χ2n) is 6.17. The van der Waals surface area contributed by atoms with E-state index in [0.717, 1.165) is 12.8 Å². The molecular weight excluding hydrogens is 228 g/mol. The Morgan fingerprint density at radius 1 is 1.44 bits per heavy atom.